The highest BCUT2D eigenvalue weighted by molar-refractivity contribution is 4.98. The van der Waals surface area contributed by atoms with E-state index in [4.69, 9.17) is 10.00 Å². The number of rotatable bonds is 0. The lowest BCUT2D eigenvalue weighted by molar-refractivity contribution is -0.0896. The fourth-order valence-electron chi connectivity index (χ4n) is 2.20. The molecule has 2 rings (SSSR count). The summed E-state index contributed by atoms with van der Waals surface area (Å²) in [4.78, 5) is 0. The summed E-state index contributed by atoms with van der Waals surface area (Å²) in [5.41, 5.74) is 0.0125. The van der Waals surface area contributed by atoms with Gasteiger partial charge in [0.15, 0.2) is 6.10 Å². The zero-order valence-corrected chi connectivity index (χ0v) is 7.18. The highest BCUT2D eigenvalue weighted by atomic mass is 16.5. The fourth-order valence-corrected chi connectivity index (χ4v) is 2.20. The van der Waals surface area contributed by atoms with E-state index in [0.717, 1.165) is 19.4 Å². The molecule has 1 unspecified atom stereocenters. The normalized spacial score (nSPS) is 33.4. The highest BCUT2D eigenvalue weighted by Crippen LogP contribution is 2.34. The van der Waals surface area contributed by atoms with Crippen molar-refractivity contribution in [3.8, 4) is 6.07 Å². The van der Waals surface area contributed by atoms with Crippen molar-refractivity contribution in [2.24, 2.45) is 0 Å². The van der Waals surface area contributed by atoms with E-state index < -0.39 is 0 Å². The van der Waals surface area contributed by atoms with E-state index in [9.17, 15) is 0 Å². The van der Waals surface area contributed by atoms with Crippen LogP contribution in [0.1, 0.15) is 25.7 Å². The monoisotopic (exact) mass is 166 g/mol. The quantitative estimate of drug-likeness (QED) is 0.579. The maximum Gasteiger partial charge on any atom is 0.157 e. The summed E-state index contributed by atoms with van der Waals surface area (Å²) in [6.07, 6.45) is 4.52. The molecule has 1 atom stereocenters. The first kappa shape index (κ1) is 8.03. The van der Waals surface area contributed by atoms with E-state index in [-0.39, 0.29) is 11.7 Å². The van der Waals surface area contributed by atoms with Gasteiger partial charge in [-0.1, -0.05) is 12.8 Å². The summed E-state index contributed by atoms with van der Waals surface area (Å²) in [7, 11) is 0. The standard InChI is InChI=1S/C9H14N2O/c10-5-8-6-11-7-9(12-8)3-1-2-4-9/h8,11H,1-4,6-7H2. The number of hydrogen-bond acceptors (Lipinski definition) is 3. The molecule has 0 bridgehead atoms. The SMILES string of the molecule is N#CC1CNCC2(CCCC2)O1. The lowest BCUT2D eigenvalue weighted by Crippen LogP contribution is -2.51. The fraction of sp³-hybridized carbons (Fsp3) is 0.889. The Morgan fingerprint density at radius 3 is 2.83 bits per heavy atom. The Balaban J connectivity index is 2.02. The van der Waals surface area contributed by atoms with Crippen LogP contribution in [0.4, 0.5) is 0 Å². The molecule has 12 heavy (non-hydrogen) atoms. The number of hydrogen-bond donors (Lipinski definition) is 1. The Morgan fingerprint density at radius 2 is 2.17 bits per heavy atom. The summed E-state index contributed by atoms with van der Waals surface area (Å²) in [6, 6.07) is 2.17. The van der Waals surface area contributed by atoms with Crippen LogP contribution in [-0.4, -0.2) is 24.8 Å². The lowest BCUT2D eigenvalue weighted by Gasteiger charge is -2.36. The van der Waals surface area contributed by atoms with Gasteiger partial charge >= 0.3 is 0 Å². The molecule has 66 valence electrons. The Bertz CT molecular complexity index is 203. The van der Waals surface area contributed by atoms with Gasteiger partial charge in [-0.3, -0.25) is 0 Å². The van der Waals surface area contributed by atoms with Crippen LogP contribution in [0.2, 0.25) is 0 Å². The summed E-state index contributed by atoms with van der Waals surface area (Å²) in [5, 5.41) is 12.0. The van der Waals surface area contributed by atoms with Crippen LogP contribution in [0.15, 0.2) is 0 Å². The predicted molar refractivity (Wildman–Crippen MR) is 44.6 cm³/mol. The minimum absolute atomic E-state index is 0.0125. The first-order valence-corrected chi connectivity index (χ1v) is 4.63. The lowest BCUT2D eigenvalue weighted by atomic mass is 10.00. The van der Waals surface area contributed by atoms with Gasteiger partial charge in [0.05, 0.1) is 11.7 Å². The van der Waals surface area contributed by atoms with E-state index in [2.05, 4.69) is 11.4 Å². The minimum atomic E-state index is -0.225. The zero-order chi connectivity index (χ0) is 8.44. The molecule has 0 aromatic rings. The molecule has 0 radical (unpaired) electrons. The van der Waals surface area contributed by atoms with Crippen molar-refractivity contribution in [1.29, 1.82) is 5.26 Å². The van der Waals surface area contributed by atoms with Gasteiger partial charge in [0.2, 0.25) is 0 Å². The van der Waals surface area contributed by atoms with Crippen LogP contribution < -0.4 is 5.32 Å². The molecule has 0 amide bonds. The predicted octanol–water partition coefficient (Wildman–Crippen LogP) is 0.811. The smallest absolute Gasteiger partial charge is 0.157 e. The highest BCUT2D eigenvalue weighted by Gasteiger charge is 2.39. The van der Waals surface area contributed by atoms with Gasteiger partial charge in [-0.05, 0) is 12.8 Å². The second-order valence-corrected chi connectivity index (χ2v) is 3.76. The Kier molecular flexibility index (Phi) is 2.03. The van der Waals surface area contributed by atoms with Crippen molar-refractivity contribution < 1.29 is 4.74 Å². The maximum atomic E-state index is 8.72. The van der Waals surface area contributed by atoms with Crippen molar-refractivity contribution >= 4 is 0 Å². The molecule has 2 fully saturated rings. The average molecular weight is 166 g/mol. The van der Waals surface area contributed by atoms with Crippen molar-refractivity contribution in [3.63, 3.8) is 0 Å². The molecule has 1 aliphatic heterocycles. The zero-order valence-electron chi connectivity index (χ0n) is 7.18. The van der Waals surface area contributed by atoms with Crippen molar-refractivity contribution in [1.82, 2.24) is 5.32 Å². The first-order chi connectivity index (χ1) is 5.85. The van der Waals surface area contributed by atoms with E-state index in [0.29, 0.717) is 6.54 Å². The van der Waals surface area contributed by atoms with Gasteiger partial charge in [-0.15, -0.1) is 0 Å². The molecule has 1 aliphatic carbocycles. The third-order valence-corrected chi connectivity index (χ3v) is 2.83. The molecular weight excluding hydrogens is 152 g/mol. The number of nitrogens with zero attached hydrogens (tertiary/aromatic N) is 1. The van der Waals surface area contributed by atoms with E-state index in [1.54, 1.807) is 0 Å². The average Bonchev–Trinajstić information content (AvgIpc) is 2.53. The number of nitrogens with one attached hydrogen (secondary N) is 1. The molecule has 3 nitrogen and oxygen atoms in total. The van der Waals surface area contributed by atoms with Crippen LogP contribution in [0.5, 0.6) is 0 Å². The second kappa shape index (κ2) is 3.04. The largest absolute Gasteiger partial charge is 0.354 e. The molecule has 1 heterocycles. The van der Waals surface area contributed by atoms with Crippen LogP contribution in [-0.2, 0) is 4.74 Å². The minimum Gasteiger partial charge on any atom is -0.354 e. The molecule has 3 heteroatoms. The Labute approximate surface area is 72.7 Å². The summed E-state index contributed by atoms with van der Waals surface area (Å²) < 4.78 is 5.76. The van der Waals surface area contributed by atoms with E-state index in [1.807, 2.05) is 0 Å². The first-order valence-electron chi connectivity index (χ1n) is 4.63. The van der Waals surface area contributed by atoms with Crippen molar-refractivity contribution in [3.05, 3.63) is 0 Å². The van der Waals surface area contributed by atoms with E-state index >= 15 is 0 Å². The summed E-state index contributed by atoms with van der Waals surface area (Å²) in [5.74, 6) is 0. The summed E-state index contributed by atoms with van der Waals surface area (Å²) in [6.45, 7) is 1.63. The van der Waals surface area contributed by atoms with Crippen LogP contribution >= 0.6 is 0 Å². The van der Waals surface area contributed by atoms with Crippen molar-refractivity contribution in [2.75, 3.05) is 13.1 Å². The molecular formula is C9H14N2O. The molecule has 0 aromatic carbocycles. The van der Waals surface area contributed by atoms with Gasteiger partial charge in [-0.25, -0.2) is 0 Å². The third-order valence-electron chi connectivity index (χ3n) is 2.83. The van der Waals surface area contributed by atoms with Gasteiger partial charge in [0.1, 0.15) is 0 Å². The summed E-state index contributed by atoms with van der Waals surface area (Å²) >= 11 is 0. The molecule has 1 spiro atoms. The van der Waals surface area contributed by atoms with E-state index in [1.165, 1.54) is 12.8 Å². The van der Waals surface area contributed by atoms with Gasteiger partial charge in [0.25, 0.3) is 0 Å². The number of morpholine rings is 1. The van der Waals surface area contributed by atoms with Crippen molar-refractivity contribution in [2.45, 2.75) is 37.4 Å². The number of nitriles is 1. The third kappa shape index (κ3) is 1.33. The maximum absolute atomic E-state index is 8.72. The molecule has 0 aromatic heterocycles. The molecule has 1 N–H and O–H groups in total. The number of ether oxygens (including phenoxy) is 1. The Morgan fingerprint density at radius 1 is 1.42 bits per heavy atom. The van der Waals surface area contributed by atoms with Gasteiger partial charge < -0.3 is 10.1 Å². The topological polar surface area (TPSA) is 45.0 Å². The molecule has 1 saturated heterocycles. The Hall–Kier alpha value is -0.590. The van der Waals surface area contributed by atoms with Gasteiger partial charge in [-0.2, -0.15) is 5.26 Å². The molecule has 1 saturated carbocycles. The van der Waals surface area contributed by atoms with Crippen LogP contribution in [0.25, 0.3) is 0 Å². The van der Waals surface area contributed by atoms with Crippen LogP contribution in [0.3, 0.4) is 0 Å². The second-order valence-electron chi connectivity index (χ2n) is 3.76. The van der Waals surface area contributed by atoms with Gasteiger partial charge in [0, 0.05) is 13.1 Å². The molecule has 2 aliphatic rings. The van der Waals surface area contributed by atoms with Crippen LogP contribution in [0, 0.1) is 11.3 Å².